The van der Waals surface area contributed by atoms with Crippen LogP contribution < -0.4 is 9.64 Å². The van der Waals surface area contributed by atoms with E-state index in [1.807, 2.05) is 23.1 Å². The lowest BCUT2D eigenvalue weighted by Crippen LogP contribution is -2.17. The molecule has 0 aliphatic carbocycles. The number of hydrogen-bond acceptors (Lipinski definition) is 3. The molecule has 1 heterocycles. The van der Waals surface area contributed by atoms with E-state index in [1.165, 1.54) is 5.56 Å². The van der Waals surface area contributed by atoms with Gasteiger partial charge in [0.15, 0.2) is 0 Å². The van der Waals surface area contributed by atoms with Gasteiger partial charge in [-0.1, -0.05) is 12.6 Å². The van der Waals surface area contributed by atoms with Crippen LogP contribution in [0.3, 0.4) is 0 Å². The average molecular weight is 200 g/mol. The Morgan fingerprint density at radius 2 is 2.40 bits per heavy atom. The summed E-state index contributed by atoms with van der Waals surface area (Å²) in [4.78, 5) is 1.93. The Morgan fingerprint density at radius 3 is 3.07 bits per heavy atom. The SMILES string of the molecule is C=C(C#N)N1CCc2ccc(OC)cc21. The minimum Gasteiger partial charge on any atom is -0.497 e. The van der Waals surface area contributed by atoms with E-state index < -0.39 is 0 Å². The second kappa shape index (κ2) is 3.66. The summed E-state index contributed by atoms with van der Waals surface area (Å²) < 4.78 is 5.16. The second-order valence-electron chi connectivity index (χ2n) is 3.45. The lowest BCUT2D eigenvalue weighted by atomic mass is 10.1. The third kappa shape index (κ3) is 1.55. The van der Waals surface area contributed by atoms with Crippen molar-refractivity contribution in [3.05, 3.63) is 36.0 Å². The van der Waals surface area contributed by atoms with Crippen LogP contribution in [0.2, 0.25) is 0 Å². The van der Waals surface area contributed by atoms with Gasteiger partial charge in [-0.2, -0.15) is 5.26 Å². The normalized spacial score (nSPS) is 13.2. The molecule has 2 rings (SSSR count). The first kappa shape index (κ1) is 9.60. The molecule has 0 spiro atoms. The molecule has 1 aliphatic heterocycles. The first-order valence-electron chi connectivity index (χ1n) is 4.79. The number of anilines is 1. The summed E-state index contributed by atoms with van der Waals surface area (Å²) in [6, 6.07) is 8.01. The van der Waals surface area contributed by atoms with Crippen molar-refractivity contribution in [2.45, 2.75) is 6.42 Å². The van der Waals surface area contributed by atoms with Crippen LogP contribution in [0.4, 0.5) is 5.69 Å². The Morgan fingerprint density at radius 1 is 1.60 bits per heavy atom. The van der Waals surface area contributed by atoms with Gasteiger partial charge in [-0.15, -0.1) is 0 Å². The minimum absolute atomic E-state index is 0.488. The van der Waals surface area contributed by atoms with Gasteiger partial charge < -0.3 is 9.64 Å². The average Bonchev–Trinajstić information content (AvgIpc) is 2.70. The molecule has 0 fully saturated rings. The van der Waals surface area contributed by atoms with Crippen molar-refractivity contribution in [3.63, 3.8) is 0 Å². The molecule has 0 bridgehead atoms. The Balaban J connectivity index is 2.41. The lowest BCUT2D eigenvalue weighted by Gasteiger charge is -2.17. The summed E-state index contributed by atoms with van der Waals surface area (Å²) in [5.41, 5.74) is 2.77. The number of benzene rings is 1. The molecule has 0 saturated heterocycles. The van der Waals surface area contributed by atoms with E-state index in [2.05, 4.69) is 12.6 Å². The van der Waals surface area contributed by atoms with Crippen molar-refractivity contribution in [3.8, 4) is 11.8 Å². The van der Waals surface area contributed by atoms with Crippen molar-refractivity contribution in [1.29, 1.82) is 5.26 Å². The number of allylic oxidation sites excluding steroid dienone is 1. The van der Waals surface area contributed by atoms with Crippen molar-refractivity contribution in [2.24, 2.45) is 0 Å². The first-order chi connectivity index (χ1) is 7.26. The molecule has 0 amide bonds. The van der Waals surface area contributed by atoms with E-state index in [0.29, 0.717) is 5.70 Å². The van der Waals surface area contributed by atoms with Crippen LogP contribution in [0.5, 0.6) is 5.75 Å². The van der Waals surface area contributed by atoms with Crippen LogP contribution in [-0.2, 0) is 6.42 Å². The highest BCUT2D eigenvalue weighted by molar-refractivity contribution is 5.65. The molecule has 0 atom stereocenters. The highest BCUT2D eigenvalue weighted by Gasteiger charge is 2.21. The molecule has 0 unspecified atom stereocenters. The molecule has 3 heteroatoms. The van der Waals surface area contributed by atoms with E-state index in [0.717, 1.165) is 24.4 Å². The number of nitriles is 1. The van der Waals surface area contributed by atoms with Crippen molar-refractivity contribution >= 4 is 5.69 Å². The van der Waals surface area contributed by atoms with E-state index in [9.17, 15) is 0 Å². The van der Waals surface area contributed by atoms with Crippen LogP contribution in [0.1, 0.15) is 5.56 Å². The zero-order valence-electron chi connectivity index (χ0n) is 8.66. The van der Waals surface area contributed by atoms with Gasteiger partial charge in [-0.3, -0.25) is 0 Å². The van der Waals surface area contributed by atoms with Crippen molar-refractivity contribution in [1.82, 2.24) is 0 Å². The number of methoxy groups -OCH3 is 1. The topological polar surface area (TPSA) is 36.3 Å². The maximum Gasteiger partial charge on any atom is 0.120 e. The largest absolute Gasteiger partial charge is 0.497 e. The van der Waals surface area contributed by atoms with Gasteiger partial charge in [0.2, 0.25) is 0 Å². The Kier molecular flexibility index (Phi) is 2.34. The maximum atomic E-state index is 8.82. The molecule has 3 nitrogen and oxygen atoms in total. The lowest BCUT2D eigenvalue weighted by molar-refractivity contribution is 0.415. The molecule has 76 valence electrons. The molecule has 1 aromatic carbocycles. The molecule has 1 aromatic rings. The van der Waals surface area contributed by atoms with E-state index >= 15 is 0 Å². The van der Waals surface area contributed by atoms with Gasteiger partial charge in [0.1, 0.15) is 17.5 Å². The van der Waals surface area contributed by atoms with Gasteiger partial charge >= 0.3 is 0 Å². The van der Waals surface area contributed by atoms with Gasteiger partial charge in [0.25, 0.3) is 0 Å². The smallest absolute Gasteiger partial charge is 0.120 e. The summed E-state index contributed by atoms with van der Waals surface area (Å²) in [6.07, 6.45) is 0.958. The highest BCUT2D eigenvalue weighted by Crippen LogP contribution is 2.33. The molecular weight excluding hydrogens is 188 g/mol. The van der Waals surface area contributed by atoms with Crippen LogP contribution in [0, 0.1) is 11.3 Å². The molecule has 0 N–H and O–H groups in total. The number of nitrogens with zero attached hydrogens (tertiary/aromatic N) is 2. The highest BCUT2D eigenvalue weighted by atomic mass is 16.5. The summed E-state index contributed by atoms with van der Waals surface area (Å²) in [5, 5.41) is 8.82. The molecule has 1 aliphatic rings. The van der Waals surface area contributed by atoms with Crippen LogP contribution in [0.25, 0.3) is 0 Å². The summed E-state index contributed by atoms with van der Waals surface area (Å²) in [5.74, 6) is 0.811. The fraction of sp³-hybridized carbons (Fsp3) is 0.250. The summed E-state index contributed by atoms with van der Waals surface area (Å²) >= 11 is 0. The second-order valence-corrected chi connectivity index (χ2v) is 3.45. The molecule has 0 saturated carbocycles. The number of rotatable bonds is 2. The van der Waals surface area contributed by atoms with Crippen LogP contribution in [0.15, 0.2) is 30.5 Å². The quantitative estimate of drug-likeness (QED) is 0.686. The summed E-state index contributed by atoms with van der Waals surface area (Å²) in [7, 11) is 1.64. The molecular formula is C12H12N2O. The van der Waals surface area contributed by atoms with E-state index in [1.54, 1.807) is 7.11 Å². The summed E-state index contributed by atoms with van der Waals surface area (Å²) in [6.45, 7) is 4.56. The monoisotopic (exact) mass is 200 g/mol. The number of hydrogen-bond donors (Lipinski definition) is 0. The standard InChI is InChI=1S/C12H12N2O/c1-9(8-13)14-6-5-10-3-4-11(15-2)7-12(10)14/h3-4,7H,1,5-6H2,2H3. The van der Waals surface area contributed by atoms with Crippen molar-refractivity contribution < 1.29 is 4.74 Å². The first-order valence-corrected chi connectivity index (χ1v) is 4.79. The Bertz CT molecular complexity index is 445. The van der Waals surface area contributed by atoms with Gasteiger partial charge in [0, 0.05) is 18.3 Å². The third-order valence-electron chi connectivity index (χ3n) is 2.64. The number of ether oxygens (including phenoxy) is 1. The fourth-order valence-electron chi connectivity index (χ4n) is 1.83. The fourth-order valence-corrected chi connectivity index (χ4v) is 1.83. The zero-order valence-corrected chi connectivity index (χ0v) is 8.66. The predicted octanol–water partition coefficient (Wildman–Crippen LogP) is 2.09. The number of fused-ring (bicyclic) bond motifs is 1. The Hall–Kier alpha value is -1.95. The minimum atomic E-state index is 0.488. The zero-order chi connectivity index (χ0) is 10.8. The van der Waals surface area contributed by atoms with Gasteiger partial charge in [-0.05, 0) is 18.1 Å². The van der Waals surface area contributed by atoms with Crippen LogP contribution >= 0.6 is 0 Å². The van der Waals surface area contributed by atoms with E-state index in [-0.39, 0.29) is 0 Å². The maximum absolute atomic E-state index is 8.82. The van der Waals surface area contributed by atoms with Crippen molar-refractivity contribution in [2.75, 3.05) is 18.6 Å². The van der Waals surface area contributed by atoms with Gasteiger partial charge in [0.05, 0.1) is 7.11 Å². The third-order valence-corrected chi connectivity index (χ3v) is 2.64. The van der Waals surface area contributed by atoms with E-state index in [4.69, 9.17) is 10.00 Å². The van der Waals surface area contributed by atoms with Crippen LogP contribution in [-0.4, -0.2) is 13.7 Å². The molecule has 0 radical (unpaired) electrons. The molecule has 0 aromatic heterocycles. The molecule has 15 heavy (non-hydrogen) atoms. The van der Waals surface area contributed by atoms with Gasteiger partial charge in [-0.25, -0.2) is 0 Å². The predicted molar refractivity (Wildman–Crippen MR) is 58.8 cm³/mol. The Labute approximate surface area is 89.2 Å².